The highest BCUT2D eigenvalue weighted by Gasteiger charge is 2.10. The highest BCUT2D eigenvalue weighted by Crippen LogP contribution is 2.19. The Hall–Kier alpha value is -1.14. The van der Waals surface area contributed by atoms with Crippen LogP contribution in [0.15, 0.2) is 12.3 Å². The second-order valence-corrected chi connectivity index (χ2v) is 3.18. The van der Waals surface area contributed by atoms with Crippen molar-refractivity contribution in [3.8, 4) is 11.8 Å². The molecule has 0 aliphatic carbocycles. The number of fused-ring (bicyclic) bond motifs is 1. The molecule has 0 saturated heterocycles. The predicted octanol–water partition coefficient (Wildman–Crippen LogP) is 1.33. The van der Waals surface area contributed by atoms with E-state index in [9.17, 15) is 0 Å². The highest BCUT2D eigenvalue weighted by atomic mass is 32.1. The number of hydrogen-bond donors (Lipinski definition) is 2. The molecule has 3 heteroatoms. The Morgan fingerprint density at radius 2 is 2.54 bits per heavy atom. The van der Waals surface area contributed by atoms with Crippen molar-refractivity contribution in [1.29, 1.82) is 0 Å². The number of rotatable bonds is 0. The normalized spacial score (nSPS) is 12.7. The van der Waals surface area contributed by atoms with Crippen molar-refractivity contribution < 1.29 is 0 Å². The van der Waals surface area contributed by atoms with Gasteiger partial charge in [-0.3, -0.25) is 0 Å². The van der Waals surface area contributed by atoms with Gasteiger partial charge in [0.05, 0.1) is 5.75 Å². The van der Waals surface area contributed by atoms with Crippen LogP contribution in [0, 0.1) is 11.8 Å². The summed E-state index contributed by atoms with van der Waals surface area (Å²) in [5, 5.41) is 3.21. The summed E-state index contributed by atoms with van der Waals surface area (Å²) in [6.45, 7) is 0.992. The van der Waals surface area contributed by atoms with Crippen molar-refractivity contribution in [2.24, 2.45) is 0 Å². The van der Waals surface area contributed by atoms with E-state index in [-0.39, 0.29) is 0 Å². The number of aromatic nitrogens is 1. The van der Waals surface area contributed by atoms with E-state index in [0.29, 0.717) is 5.75 Å². The summed E-state index contributed by atoms with van der Waals surface area (Å²) >= 11 is 4.03. The minimum Gasteiger partial charge on any atom is -0.370 e. The molecule has 1 aromatic rings. The third-order valence-electron chi connectivity index (χ3n) is 1.97. The summed E-state index contributed by atoms with van der Waals surface area (Å²) in [6.07, 6.45) is 2.85. The SMILES string of the molecule is SCC#Cc1cnc2c(c1)CCN2. The molecule has 2 rings (SSSR count). The molecule has 1 aromatic heterocycles. The maximum absolute atomic E-state index is 4.27. The van der Waals surface area contributed by atoms with E-state index >= 15 is 0 Å². The zero-order valence-electron chi connectivity index (χ0n) is 7.17. The summed E-state index contributed by atoms with van der Waals surface area (Å²) < 4.78 is 0. The third-order valence-corrected chi connectivity index (χ3v) is 2.12. The largest absolute Gasteiger partial charge is 0.370 e. The molecule has 2 heterocycles. The first-order valence-corrected chi connectivity index (χ1v) is 4.86. The zero-order chi connectivity index (χ0) is 9.10. The highest BCUT2D eigenvalue weighted by molar-refractivity contribution is 7.80. The van der Waals surface area contributed by atoms with Crippen molar-refractivity contribution >= 4 is 18.4 Å². The Kier molecular flexibility index (Phi) is 2.42. The van der Waals surface area contributed by atoms with E-state index in [1.165, 1.54) is 5.56 Å². The molecule has 0 radical (unpaired) electrons. The second kappa shape index (κ2) is 3.71. The molecule has 0 atom stereocenters. The summed E-state index contributed by atoms with van der Waals surface area (Å²) in [6, 6.07) is 2.10. The summed E-state index contributed by atoms with van der Waals surface area (Å²) in [4.78, 5) is 4.27. The molecule has 13 heavy (non-hydrogen) atoms. The first-order valence-electron chi connectivity index (χ1n) is 4.22. The van der Waals surface area contributed by atoms with Crippen molar-refractivity contribution in [3.05, 3.63) is 23.4 Å². The van der Waals surface area contributed by atoms with Gasteiger partial charge in [-0.1, -0.05) is 11.8 Å². The van der Waals surface area contributed by atoms with Crippen LogP contribution in [-0.2, 0) is 6.42 Å². The number of nitrogens with one attached hydrogen (secondary N) is 1. The van der Waals surface area contributed by atoms with Crippen LogP contribution in [0.5, 0.6) is 0 Å². The number of hydrogen-bond acceptors (Lipinski definition) is 3. The molecule has 0 fully saturated rings. The predicted molar refractivity (Wildman–Crippen MR) is 57.2 cm³/mol. The van der Waals surface area contributed by atoms with Crippen LogP contribution >= 0.6 is 12.6 Å². The average Bonchev–Trinajstić information content (AvgIpc) is 2.61. The lowest BCUT2D eigenvalue weighted by Gasteiger charge is -1.97. The number of thiol groups is 1. The van der Waals surface area contributed by atoms with Gasteiger partial charge >= 0.3 is 0 Å². The molecule has 66 valence electrons. The van der Waals surface area contributed by atoms with Crippen LogP contribution < -0.4 is 5.32 Å². The molecule has 0 unspecified atom stereocenters. The average molecular weight is 190 g/mol. The Bertz CT molecular complexity index is 376. The molecular weight excluding hydrogens is 180 g/mol. The monoisotopic (exact) mass is 190 g/mol. The van der Waals surface area contributed by atoms with Crippen molar-refractivity contribution in [3.63, 3.8) is 0 Å². The fourth-order valence-electron chi connectivity index (χ4n) is 1.39. The molecule has 1 aliphatic heterocycles. The second-order valence-electron chi connectivity index (χ2n) is 2.87. The van der Waals surface area contributed by atoms with Crippen molar-refractivity contribution in [1.82, 2.24) is 4.98 Å². The summed E-state index contributed by atoms with van der Waals surface area (Å²) in [5.41, 5.74) is 2.25. The topological polar surface area (TPSA) is 24.9 Å². The standard InChI is InChI=1S/C10H10N2S/c13-5-1-2-8-6-9-3-4-11-10(9)12-7-8/h6-7,13H,3-5H2,(H,11,12). The lowest BCUT2D eigenvalue weighted by atomic mass is 10.2. The molecule has 2 nitrogen and oxygen atoms in total. The summed E-state index contributed by atoms with van der Waals surface area (Å²) in [7, 11) is 0. The molecule has 0 amide bonds. The molecule has 1 N–H and O–H groups in total. The van der Waals surface area contributed by atoms with Crippen LogP contribution in [0.25, 0.3) is 0 Å². The van der Waals surface area contributed by atoms with Gasteiger partial charge in [0.15, 0.2) is 0 Å². The number of nitrogens with zero attached hydrogens (tertiary/aromatic N) is 1. The van der Waals surface area contributed by atoms with Crippen LogP contribution in [0.1, 0.15) is 11.1 Å². The molecule has 0 saturated carbocycles. The molecular formula is C10H10N2S. The van der Waals surface area contributed by atoms with E-state index in [0.717, 1.165) is 24.3 Å². The van der Waals surface area contributed by atoms with E-state index in [2.05, 4.69) is 40.8 Å². The van der Waals surface area contributed by atoms with Crippen LogP contribution in [0.2, 0.25) is 0 Å². The van der Waals surface area contributed by atoms with Gasteiger partial charge in [0.1, 0.15) is 5.82 Å². The third kappa shape index (κ3) is 1.78. The van der Waals surface area contributed by atoms with Gasteiger partial charge in [0, 0.05) is 18.3 Å². The van der Waals surface area contributed by atoms with Gasteiger partial charge in [0.2, 0.25) is 0 Å². The minimum absolute atomic E-state index is 0.593. The van der Waals surface area contributed by atoms with E-state index in [1.807, 2.05) is 0 Å². The minimum atomic E-state index is 0.593. The van der Waals surface area contributed by atoms with Crippen molar-refractivity contribution in [2.75, 3.05) is 17.6 Å². The van der Waals surface area contributed by atoms with Crippen LogP contribution in [-0.4, -0.2) is 17.3 Å². The molecule has 1 aliphatic rings. The van der Waals surface area contributed by atoms with Gasteiger partial charge < -0.3 is 5.32 Å². The first-order chi connectivity index (χ1) is 6.40. The van der Waals surface area contributed by atoms with Gasteiger partial charge in [-0.05, 0) is 18.1 Å². The molecule has 0 bridgehead atoms. The lowest BCUT2D eigenvalue weighted by molar-refractivity contribution is 1.11. The fraction of sp³-hybridized carbons (Fsp3) is 0.300. The number of pyridine rings is 1. The Labute approximate surface area is 83.2 Å². The Morgan fingerprint density at radius 3 is 3.38 bits per heavy atom. The smallest absolute Gasteiger partial charge is 0.129 e. The fourth-order valence-corrected chi connectivity index (χ4v) is 1.46. The van der Waals surface area contributed by atoms with Crippen LogP contribution in [0.4, 0.5) is 5.82 Å². The van der Waals surface area contributed by atoms with Gasteiger partial charge in [0.25, 0.3) is 0 Å². The lowest BCUT2D eigenvalue weighted by Crippen LogP contribution is -1.92. The van der Waals surface area contributed by atoms with Crippen molar-refractivity contribution in [2.45, 2.75) is 6.42 Å². The van der Waals surface area contributed by atoms with Crippen LogP contribution in [0.3, 0.4) is 0 Å². The Morgan fingerprint density at radius 1 is 1.62 bits per heavy atom. The van der Waals surface area contributed by atoms with E-state index < -0.39 is 0 Å². The summed E-state index contributed by atoms with van der Waals surface area (Å²) in [5.74, 6) is 7.52. The number of anilines is 1. The zero-order valence-corrected chi connectivity index (χ0v) is 8.06. The van der Waals surface area contributed by atoms with Gasteiger partial charge in [-0.15, -0.1) is 0 Å². The van der Waals surface area contributed by atoms with Gasteiger partial charge in [-0.2, -0.15) is 12.6 Å². The first kappa shape index (κ1) is 8.46. The maximum Gasteiger partial charge on any atom is 0.129 e. The van der Waals surface area contributed by atoms with E-state index in [1.54, 1.807) is 6.20 Å². The molecule has 0 spiro atoms. The maximum atomic E-state index is 4.27. The quantitative estimate of drug-likeness (QED) is 0.476. The Balaban J connectivity index is 2.31. The van der Waals surface area contributed by atoms with Gasteiger partial charge in [-0.25, -0.2) is 4.98 Å². The molecule has 0 aromatic carbocycles. The van der Waals surface area contributed by atoms with E-state index in [4.69, 9.17) is 0 Å².